The smallest absolute Gasteiger partial charge is 0.377 e. The normalized spacial score (nSPS) is 20.5. The third-order valence-corrected chi connectivity index (χ3v) is 6.71. The zero-order chi connectivity index (χ0) is 23.8. The summed E-state index contributed by atoms with van der Waals surface area (Å²) in [4.78, 5) is 11.0. The summed E-state index contributed by atoms with van der Waals surface area (Å²) in [6.07, 6.45) is 4.07. The number of alkyl halides is 3. The maximum absolute atomic E-state index is 13.3. The van der Waals surface area contributed by atoms with Crippen molar-refractivity contribution in [3.8, 4) is 23.7 Å². The Morgan fingerprint density at radius 3 is 2.76 bits per heavy atom. The van der Waals surface area contributed by atoms with Crippen LogP contribution in [0.2, 0.25) is 5.02 Å². The Balaban J connectivity index is 1.65. The molecular weight excluding hydrogens is 455 g/mol. The Morgan fingerprint density at radius 2 is 2.15 bits per heavy atom. The molecule has 4 N–H and O–H groups in total. The van der Waals surface area contributed by atoms with Crippen LogP contribution in [0.25, 0.3) is 11.4 Å². The molecule has 1 aliphatic heterocycles. The van der Waals surface area contributed by atoms with Gasteiger partial charge in [-0.15, -0.1) is 6.42 Å². The highest BCUT2D eigenvalue weighted by atomic mass is 35.5. The number of aliphatic hydroxyl groups excluding tert-OH is 1. The summed E-state index contributed by atoms with van der Waals surface area (Å²) in [6, 6.07) is 3.62. The van der Waals surface area contributed by atoms with Crippen LogP contribution in [0.15, 0.2) is 24.4 Å². The molecule has 1 aromatic carbocycles. The van der Waals surface area contributed by atoms with E-state index < -0.39 is 23.4 Å². The van der Waals surface area contributed by atoms with Crippen molar-refractivity contribution in [1.82, 2.24) is 15.3 Å². The summed E-state index contributed by atoms with van der Waals surface area (Å²) in [5.41, 5.74) is 5.28. The molecule has 2 aromatic rings. The Bertz CT molecular complexity index is 1070. The molecule has 2 unspecified atom stereocenters. The van der Waals surface area contributed by atoms with E-state index in [2.05, 4.69) is 26.1 Å². The van der Waals surface area contributed by atoms with Crippen LogP contribution in [-0.2, 0) is 12.7 Å². The lowest BCUT2D eigenvalue weighted by Crippen LogP contribution is -2.37. The third-order valence-electron chi connectivity index (χ3n) is 6.38. The molecule has 0 bridgehead atoms. The van der Waals surface area contributed by atoms with Crippen LogP contribution in [0.1, 0.15) is 30.4 Å². The van der Waals surface area contributed by atoms with Crippen molar-refractivity contribution >= 4 is 17.4 Å². The maximum Gasteiger partial charge on any atom is 0.417 e. The first-order valence-electron chi connectivity index (χ1n) is 10.7. The van der Waals surface area contributed by atoms with Gasteiger partial charge < -0.3 is 15.7 Å². The molecule has 1 aromatic heterocycles. The molecule has 0 amide bonds. The number of halogens is 4. The number of aromatic nitrogens is 2. The SMILES string of the molecule is C#CC1(C(O)NCc2cnc(-c3ccc(Cl)c(C(F)(F)F)c3)nc2N2CCC(CN)C2)CC1. The number of rotatable bonds is 7. The van der Waals surface area contributed by atoms with E-state index in [0.29, 0.717) is 30.4 Å². The lowest BCUT2D eigenvalue weighted by molar-refractivity contribution is -0.137. The standard InChI is InChI=1S/C23H25ClF3N5O/c1-2-22(6-7-22)21(33)30-12-16-11-29-19(31-20(16)32-8-5-14(10-28)13-32)15-3-4-18(24)17(9-15)23(25,26)27/h1,3-4,9,11,14,21,30,33H,5-8,10,12-13,28H2. The van der Waals surface area contributed by atoms with Crippen molar-refractivity contribution in [1.29, 1.82) is 0 Å². The van der Waals surface area contributed by atoms with Gasteiger partial charge >= 0.3 is 6.18 Å². The Labute approximate surface area is 195 Å². The third kappa shape index (κ3) is 4.94. The van der Waals surface area contributed by atoms with Crippen LogP contribution in [0, 0.1) is 23.7 Å². The van der Waals surface area contributed by atoms with Gasteiger partial charge in [0.25, 0.3) is 0 Å². The number of hydrogen-bond acceptors (Lipinski definition) is 6. The van der Waals surface area contributed by atoms with E-state index in [1.54, 1.807) is 6.20 Å². The summed E-state index contributed by atoms with van der Waals surface area (Å²) < 4.78 is 40.0. The number of benzene rings is 1. The minimum Gasteiger partial charge on any atom is -0.377 e. The van der Waals surface area contributed by atoms with E-state index in [-0.39, 0.29) is 23.0 Å². The zero-order valence-electron chi connectivity index (χ0n) is 17.9. The number of hydrogen-bond donors (Lipinski definition) is 3. The second-order valence-corrected chi connectivity index (χ2v) is 9.06. The lowest BCUT2D eigenvalue weighted by Gasteiger charge is -2.23. The molecule has 176 valence electrons. The molecule has 2 aliphatic rings. The first-order chi connectivity index (χ1) is 15.7. The molecular formula is C23H25ClF3N5O. The van der Waals surface area contributed by atoms with Gasteiger partial charge in [0.05, 0.1) is 16.0 Å². The molecule has 33 heavy (non-hydrogen) atoms. The van der Waals surface area contributed by atoms with Crippen molar-refractivity contribution in [3.05, 3.63) is 40.5 Å². The molecule has 1 saturated carbocycles. The van der Waals surface area contributed by atoms with Crippen LogP contribution in [-0.4, -0.2) is 40.9 Å². The fourth-order valence-electron chi connectivity index (χ4n) is 4.07. The minimum atomic E-state index is -4.59. The quantitative estimate of drug-likeness (QED) is 0.416. The Hall–Kier alpha value is -2.38. The highest BCUT2D eigenvalue weighted by molar-refractivity contribution is 6.31. The zero-order valence-corrected chi connectivity index (χ0v) is 18.6. The van der Waals surface area contributed by atoms with Crippen molar-refractivity contribution < 1.29 is 18.3 Å². The Morgan fingerprint density at radius 1 is 1.39 bits per heavy atom. The Kier molecular flexibility index (Phi) is 6.56. The summed E-state index contributed by atoms with van der Waals surface area (Å²) in [6.45, 7) is 2.21. The lowest BCUT2D eigenvalue weighted by atomic mass is 10.1. The van der Waals surface area contributed by atoms with Crippen LogP contribution in [0.4, 0.5) is 19.0 Å². The van der Waals surface area contributed by atoms with Gasteiger partial charge in [0.2, 0.25) is 0 Å². The summed E-state index contributed by atoms with van der Waals surface area (Å²) in [5, 5.41) is 13.1. The molecule has 0 spiro atoms. The van der Waals surface area contributed by atoms with Gasteiger partial charge in [0, 0.05) is 37.0 Å². The fraction of sp³-hybridized carbons (Fsp3) is 0.478. The van der Waals surface area contributed by atoms with Crippen LogP contribution in [0.3, 0.4) is 0 Å². The molecule has 4 rings (SSSR count). The number of nitrogens with two attached hydrogens (primary N) is 1. The van der Waals surface area contributed by atoms with E-state index in [4.69, 9.17) is 23.8 Å². The summed E-state index contributed by atoms with van der Waals surface area (Å²) in [5.74, 6) is 3.72. The molecule has 2 atom stereocenters. The molecule has 0 radical (unpaired) electrons. The number of terminal acetylenes is 1. The summed E-state index contributed by atoms with van der Waals surface area (Å²) >= 11 is 5.76. The van der Waals surface area contributed by atoms with Gasteiger partial charge in [-0.3, -0.25) is 5.32 Å². The van der Waals surface area contributed by atoms with Gasteiger partial charge in [0.15, 0.2) is 5.82 Å². The van der Waals surface area contributed by atoms with Gasteiger partial charge in [0.1, 0.15) is 12.0 Å². The van der Waals surface area contributed by atoms with Gasteiger partial charge in [-0.2, -0.15) is 13.2 Å². The number of anilines is 1. The van der Waals surface area contributed by atoms with Gasteiger partial charge in [-0.1, -0.05) is 17.5 Å². The number of nitrogens with one attached hydrogen (secondary N) is 1. The first kappa shape index (κ1) is 23.8. The fourth-order valence-corrected chi connectivity index (χ4v) is 4.29. The van der Waals surface area contributed by atoms with Crippen LogP contribution < -0.4 is 16.0 Å². The monoisotopic (exact) mass is 479 g/mol. The number of aliphatic hydroxyl groups is 1. The van der Waals surface area contributed by atoms with Crippen molar-refractivity contribution in [2.45, 2.75) is 38.2 Å². The summed E-state index contributed by atoms with van der Waals surface area (Å²) in [7, 11) is 0. The maximum atomic E-state index is 13.3. The van der Waals surface area contributed by atoms with Crippen molar-refractivity contribution in [2.24, 2.45) is 17.1 Å². The average molecular weight is 480 g/mol. The van der Waals surface area contributed by atoms with E-state index in [1.165, 1.54) is 12.1 Å². The van der Waals surface area contributed by atoms with Gasteiger partial charge in [-0.25, -0.2) is 9.97 Å². The largest absolute Gasteiger partial charge is 0.417 e. The van der Waals surface area contributed by atoms with Crippen molar-refractivity contribution in [3.63, 3.8) is 0 Å². The van der Waals surface area contributed by atoms with E-state index >= 15 is 0 Å². The molecule has 1 aliphatic carbocycles. The predicted molar refractivity (Wildman–Crippen MR) is 120 cm³/mol. The highest BCUT2D eigenvalue weighted by Crippen LogP contribution is 2.47. The first-order valence-corrected chi connectivity index (χ1v) is 11.1. The van der Waals surface area contributed by atoms with E-state index in [1.807, 2.05) is 0 Å². The molecule has 10 heteroatoms. The van der Waals surface area contributed by atoms with E-state index in [0.717, 1.165) is 31.9 Å². The topological polar surface area (TPSA) is 87.3 Å². The highest BCUT2D eigenvalue weighted by Gasteiger charge is 2.47. The van der Waals surface area contributed by atoms with Gasteiger partial charge in [-0.05, 0) is 49.9 Å². The average Bonchev–Trinajstić information content (AvgIpc) is 3.46. The molecule has 1 saturated heterocycles. The second-order valence-electron chi connectivity index (χ2n) is 8.66. The second kappa shape index (κ2) is 9.11. The predicted octanol–water partition coefficient (Wildman–Crippen LogP) is 3.42. The molecule has 2 heterocycles. The van der Waals surface area contributed by atoms with Crippen LogP contribution in [0.5, 0.6) is 0 Å². The van der Waals surface area contributed by atoms with Crippen LogP contribution >= 0.6 is 11.6 Å². The molecule has 6 nitrogen and oxygen atoms in total. The minimum absolute atomic E-state index is 0.162. The van der Waals surface area contributed by atoms with E-state index in [9.17, 15) is 18.3 Å². The van der Waals surface area contributed by atoms with Crippen molar-refractivity contribution in [2.75, 3.05) is 24.5 Å². The number of nitrogens with zero attached hydrogens (tertiary/aromatic N) is 3. The molecule has 2 fully saturated rings.